The number of hydrogen-bond donors (Lipinski definition) is 3. The first-order chi connectivity index (χ1) is 17.1. The van der Waals surface area contributed by atoms with Crippen molar-refractivity contribution in [1.82, 2.24) is 24.8 Å². The predicted octanol–water partition coefficient (Wildman–Crippen LogP) is 3.36. The van der Waals surface area contributed by atoms with Crippen LogP contribution in [0.5, 0.6) is 0 Å². The summed E-state index contributed by atoms with van der Waals surface area (Å²) in [5.74, 6) is 0.465. The number of aromatic nitrogens is 3. The van der Waals surface area contributed by atoms with Crippen molar-refractivity contribution in [2.45, 2.75) is 37.8 Å². The van der Waals surface area contributed by atoms with Gasteiger partial charge in [-0.1, -0.05) is 24.3 Å². The number of piperidine rings is 1. The van der Waals surface area contributed by atoms with Crippen LogP contribution in [0.1, 0.15) is 42.1 Å². The van der Waals surface area contributed by atoms with Crippen molar-refractivity contribution in [2.75, 3.05) is 32.0 Å². The molecule has 0 radical (unpaired) electrons. The summed E-state index contributed by atoms with van der Waals surface area (Å²) in [4.78, 5) is 24.0. The molecule has 6 rings (SSSR count). The number of nitrogens with two attached hydrogens (primary N) is 1. The zero-order chi connectivity index (χ0) is 23.9. The van der Waals surface area contributed by atoms with Gasteiger partial charge in [0.05, 0.1) is 12.0 Å². The van der Waals surface area contributed by atoms with Gasteiger partial charge in [0, 0.05) is 49.0 Å². The maximum atomic E-state index is 12.8. The number of carbonyl (C=O) groups is 1. The maximum Gasteiger partial charge on any atom is 0.252 e. The van der Waals surface area contributed by atoms with E-state index in [-0.39, 0.29) is 12.5 Å². The lowest BCUT2D eigenvalue weighted by Crippen LogP contribution is -2.36. The topological polar surface area (TPSA) is 109 Å². The predicted molar refractivity (Wildman–Crippen MR) is 137 cm³/mol. The lowest BCUT2D eigenvalue weighted by atomic mass is 9.98. The van der Waals surface area contributed by atoms with Crippen LogP contribution in [0, 0.1) is 0 Å². The molecule has 8 nitrogen and oxygen atoms in total. The number of nitrogens with one attached hydrogen (secondary N) is 1. The molecule has 2 fully saturated rings. The second-order valence-corrected chi connectivity index (χ2v) is 9.69. The van der Waals surface area contributed by atoms with Crippen LogP contribution in [0.3, 0.4) is 0 Å². The number of nitrogen functional groups attached to an aromatic ring is 1. The summed E-state index contributed by atoms with van der Waals surface area (Å²) in [5, 5.41) is 15.2. The molecule has 0 unspecified atom stereocenters. The van der Waals surface area contributed by atoms with Gasteiger partial charge in [-0.25, -0.2) is 9.97 Å². The normalized spacial score (nSPS) is 17.3. The van der Waals surface area contributed by atoms with E-state index in [0.717, 1.165) is 78.3 Å². The molecule has 0 spiro atoms. The Morgan fingerprint density at radius 1 is 1.11 bits per heavy atom. The molecule has 180 valence electrons. The Labute approximate surface area is 203 Å². The van der Waals surface area contributed by atoms with Gasteiger partial charge >= 0.3 is 0 Å². The van der Waals surface area contributed by atoms with Gasteiger partial charge in [-0.05, 0) is 54.2 Å². The number of fused-ring (bicyclic) bond motifs is 2. The minimum atomic E-state index is -0.00682. The molecule has 1 saturated carbocycles. The largest absolute Gasteiger partial charge is 0.395 e. The highest BCUT2D eigenvalue weighted by Crippen LogP contribution is 2.38. The number of aliphatic hydroxyl groups is 1. The van der Waals surface area contributed by atoms with E-state index in [4.69, 9.17) is 5.73 Å². The summed E-state index contributed by atoms with van der Waals surface area (Å²) in [6, 6.07) is 12.7. The summed E-state index contributed by atoms with van der Waals surface area (Å²) in [6.07, 6.45) is 7.80. The quantitative estimate of drug-likeness (QED) is 0.399. The van der Waals surface area contributed by atoms with Crippen LogP contribution in [-0.4, -0.2) is 62.7 Å². The summed E-state index contributed by atoms with van der Waals surface area (Å²) >= 11 is 0. The first-order valence-electron chi connectivity index (χ1n) is 12.4. The molecular weight excluding hydrogens is 440 g/mol. The van der Waals surface area contributed by atoms with Crippen molar-refractivity contribution >= 4 is 33.5 Å². The Bertz CT molecular complexity index is 1400. The van der Waals surface area contributed by atoms with Crippen molar-refractivity contribution in [3.63, 3.8) is 0 Å². The first kappa shape index (κ1) is 22.0. The number of benzene rings is 2. The third kappa shape index (κ3) is 4.13. The van der Waals surface area contributed by atoms with Crippen molar-refractivity contribution in [2.24, 2.45) is 0 Å². The standard InChI is InChI=1S/C27H30N6O2/c28-25-24-23(15-33(26(24)30-16-29-25)20-8-10-32(11-9-20)12-13-34)18-4-7-21-17(14-18)2-1-3-22(21)27(35)31-19-5-6-19/h1-4,7,14-16,19-20,34H,5-6,8-13H2,(H,31,35)(H2,28,29,30). The zero-order valence-electron chi connectivity index (χ0n) is 19.7. The second-order valence-electron chi connectivity index (χ2n) is 9.69. The molecule has 1 saturated heterocycles. The van der Waals surface area contributed by atoms with Gasteiger partial charge < -0.3 is 25.6 Å². The number of carbonyl (C=O) groups excluding carboxylic acids is 1. The molecule has 1 amide bonds. The molecule has 3 heterocycles. The molecule has 2 aromatic heterocycles. The van der Waals surface area contributed by atoms with Crippen molar-refractivity contribution in [1.29, 1.82) is 0 Å². The number of aliphatic hydroxyl groups excluding tert-OH is 1. The summed E-state index contributed by atoms with van der Waals surface area (Å²) in [6.45, 7) is 2.80. The van der Waals surface area contributed by atoms with Crippen LogP contribution in [0.4, 0.5) is 5.82 Å². The number of rotatable bonds is 6. The number of hydrogen-bond acceptors (Lipinski definition) is 6. The molecule has 1 aliphatic carbocycles. The van der Waals surface area contributed by atoms with Crippen molar-refractivity contribution in [3.8, 4) is 11.1 Å². The monoisotopic (exact) mass is 470 g/mol. The smallest absolute Gasteiger partial charge is 0.252 e. The van der Waals surface area contributed by atoms with E-state index >= 15 is 0 Å². The molecule has 4 N–H and O–H groups in total. The highest BCUT2D eigenvalue weighted by atomic mass is 16.3. The van der Waals surface area contributed by atoms with E-state index in [9.17, 15) is 9.90 Å². The molecular formula is C27H30N6O2. The Morgan fingerprint density at radius 3 is 2.71 bits per heavy atom. The van der Waals surface area contributed by atoms with Gasteiger partial charge in [0.1, 0.15) is 17.8 Å². The second kappa shape index (κ2) is 8.94. The number of amides is 1. The Morgan fingerprint density at radius 2 is 1.94 bits per heavy atom. The summed E-state index contributed by atoms with van der Waals surface area (Å²) in [7, 11) is 0. The summed E-state index contributed by atoms with van der Waals surface area (Å²) < 4.78 is 2.25. The molecule has 8 heteroatoms. The molecule has 1 aliphatic heterocycles. The Hall–Kier alpha value is -3.49. The van der Waals surface area contributed by atoms with Gasteiger partial charge in [0.2, 0.25) is 0 Å². The van der Waals surface area contributed by atoms with E-state index in [0.29, 0.717) is 23.5 Å². The Balaban J connectivity index is 1.39. The molecule has 2 aromatic carbocycles. The van der Waals surface area contributed by atoms with E-state index in [1.165, 1.54) is 6.33 Å². The highest BCUT2D eigenvalue weighted by Gasteiger charge is 2.26. The molecule has 2 aliphatic rings. The highest BCUT2D eigenvalue weighted by molar-refractivity contribution is 6.09. The van der Waals surface area contributed by atoms with Gasteiger partial charge in [0.25, 0.3) is 5.91 Å². The third-order valence-corrected chi connectivity index (χ3v) is 7.35. The lowest BCUT2D eigenvalue weighted by molar-refractivity contribution is 0.0952. The van der Waals surface area contributed by atoms with Crippen LogP contribution in [0.25, 0.3) is 32.9 Å². The van der Waals surface area contributed by atoms with E-state index in [2.05, 4.69) is 43.1 Å². The van der Waals surface area contributed by atoms with Crippen LogP contribution in [-0.2, 0) is 0 Å². The van der Waals surface area contributed by atoms with Gasteiger partial charge in [-0.3, -0.25) is 4.79 Å². The molecule has 4 aromatic rings. The zero-order valence-corrected chi connectivity index (χ0v) is 19.7. The third-order valence-electron chi connectivity index (χ3n) is 7.35. The van der Waals surface area contributed by atoms with Crippen LogP contribution >= 0.6 is 0 Å². The number of anilines is 1. The fraction of sp³-hybridized carbons (Fsp3) is 0.370. The first-order valence-corrected chi connectivity index (χ1v) is 12.4. The molecule has 35 heavy (non-hydrogen) atoms. The molecule has 0 bridgehead atoms. The van der Waals surface area contributed by atoms with E-state index in [1.54, 1.807) is 0 Å². The molecule has 0 atom stereocenters. The average Bonchev–Trinajstić information content (AvgIpc) is 3.60. The fourth-order valence-corrected chi connectivity index (χ4v) is 5.31. The lowest BCUT2D eigenvalue weighted by Gasteiger charge is -2.32. The van der Waals surface area contributed by atoms with Gasteiger partial charge in [-0.15, -0.1) is 0 Å². The van der Waals surface area contributed by atoms with Crippen LogP contribution < -0.4 is 11.1 Å². The number of nitrogens with zero attached hydrogens (tertiary/aromatic N) is 4. The Kier molecular flexibility index (Phi) is 5.62. The minimum Gasteiger partial charge on any atom is -0.395 e. The van der Waals surface area contributed by atoms with Crippen molar-refractivity contribution < 1.29 is 9.90 Å². The van der Waals surface area contributed by atoms with E-state index in [1.807, 2.05) is 24.3 Å². The fourth-order valence-electron chi connectivity index (χ4n) is 5.31. The van der Waals surface area contributed by atoms with Crippen LogP contribution in [0.15, 0.2) is 48.9 Å². The maximum absolute atomic E-state index is 12.8. The van der Waals surface area contributed by atoms with Crippen LogP contribution in [0.2, 0.25) is 0 Å². The summed E-state index contributed by atoms with van der Waals surface area (Å²) in [5.41, 5.74) is 9.97. The SMILES string of the molecule is Nc1ncnc2c1c(-c1ccc3c(C(=O)NC4CC4)cccc3c1)cn2C1CCN(CCO)CC1. The van der Waals surface area contributed by atoms with Crippen molar-refractivity contribution in [3.05, 3.63) is 54.5 Å². The average molecular weight is 471 g/mol. The van der Waals surface area contributed by atoms with E-state index < -0.39 is 0 Å². The number of likely N-dealkylation sites (tertiary alicyclic amines) is 1. The number of β-amino-alcohol motifs (C(OH)–C–C–N with tert-alkyl or cyclic N) is 1. The minimum absolute atomic E-state index is 0.00682. The van der Waals surface area contributed by atoms with Gasteiger partial charge in [0.15, 0.2) is 0 Å². The van der Waals surface area contributed by atoms with Gasteiger partial charge in [-0.2, -0.15) is 0 Å².